The number of hydrogen-bond acceptors (Lipinski definition) is 4. The van der Waals surface area contributed by atoms with E-state index in [1.807, 2.05) is 36.4 Å². The molecule has 0 radical (unpaired) electrons. The minimum absolute atomic E-state index is 0.787. The maximum absolute atomic E-state index is 6.17. The van der Waals surface area contributed by atoms with E-state index in [1.54, 1.807) is 0 Å². The molecular formula is C25H30ClN3O. The van der Waals surface area contributed by atoms with Gasteiger partial charge in [0.05, 0.1) is 0 Å². The van der Waals surface area contributed by atoms with Crippen LogP contribution >= 0.6 is 11.6 Å². The molecule has 1 fully saturated rings. The van der Waals surface area contributed by atoms with Gasteiger partial charge in [0.1, 0.15) is 5.69 Å². The summed E-state index contributed by atoms with van der Waals surface area (Å²) in [7, 11) is 0. The lowest BCUT2D eigenvalue weighted by Gasteiger charge is -2.28. The number of likely N-dealkylation sites (tertiary alicyclic amines) is 1. The molecule has 4 nitrogen and oxygen atoms in total. The lowest BCUT2D eigenvalue weighted by molar-refractivity contribution is 0.226. The second-order valence-electron chi connectivity index (χ2n) is 8.04. The summed E-state index contributed by atoms with van der Waals surface area (Å²) in [4.78, 5) is 4.92. The Balaban J connectivity index is 1.42. The SMILES string of the molecule is Clc1cccc(CCN(CCCN2CCCCC2)c2cc(-c3ccccc3)no2)c1. The summed E-state index contributed by atoms with van der Waals surface area (Å²) in [6.45, 7) is 5.46. The molecule has 30 heavy (non-hydrogen) atoms. The Bertz CT molecular complexity index is 906. The minimum atomic E-state index is 0.787. The van der Waals surface area contributed by atoms with Crippen LogP contribution in [0.4, 0.5) is 5.88 Å². The van der Waals surface area contributed by atoms with Gasteiger partial charge in [-0.2, -0.15) is 0 Å². The summed E-state index contributed by atoms with van der Waals surface area (Å²) in [5.74, 6) is 0.842. The summed E-state index contributed by atoms with van der Waals surface area (Å²) in [6, 6.07) is 20.4. The van der Waals surface area contributed by atoms with E-state index in [2.05, 4.69) is 39.2 Å². The summed E-state index contributed by atoms with van der Waals surface area (Å²) < 4.78 is 5.77. The zero-order valence-corrected chi connectivity index (χ0v) is 18.2. The zero-order valence-electron chi connectivity index (χ0n) is 17.5. The number of halogens is 1. The maximum atomic E-state index is 6.17. The first-order chi connectivity index (χ1) is 14.8. The highest BCUT2D eigenvalue weighted by atomic mass is 35.5. The van der Waals surface area contributed by atoms with Crippen molar-refractivity contribution in [3.05, 3.63) is 71.2 Å². The molecule has 0 spiro atoms. The van der Waals surface area contributed by atoms with Gasteiger partial charge in [0.2, 0.25) is 5.88 Å². The monoisotopic (exact) mass is 423 g/mol. The minimum Gasteiger partial charge on any atom is -0.340 e. The first kappa shape index (κ1) is 21.0. The van der Waals surface area contributed by atoms with Gasteiger partial charge in [-0.3, -0.25) is 0 Å². The van der Waals surface area contributed by atoms with Gasteiger partial charge in [0, 0.05) is 29.7 Å². The van der Waals surface area contributed by atoms with Gasteiger partial charge >= 0.3 is 0 Å². The van der Waals surface area contributed by atoms with Crippen LogP contribution in [0.3, 0.4) is 0 Å². The second-order valence-corrected chi connectivity index (χ2v) is 8.48. The molecule has 0 aliphatic carbocycles. The predicted molar refractivity (Wildman–Crippen MR) is 124 cm³/mol. The highest BCUT2D eigenvalue weighted by Gasteiger charge is 2.16. The third-order valence-corrected chi connectivity index (χ3v) is 6.02. The van der Waals surface area contributed by atoms with E-state index in [9.17, 15) is 0 Å². The van der Waals surface area contributed by atoms with Crippen LogP contribution in [0.1, 0.15) is 31.2 Å². The maximum Gasteiger partial charge on any atom is 0.227 e. The van der Waals surface area contributed by atoms with E-state index in [0.717, 1.165) is 54.6 Å². The number of anilines is 1. The van der Waals surface area contributed by atoms with E-state index in [1.165, 1.54) is 37.9 Å². The Labute approximate surface area is 184 Å². The van der Waals surface area contributed by atoms with Crippen LogP contribution in [0.15, 0.2) is 65.2 Å². The zero-order chi connectivity index (χ0) is 20.6. The smallest absolute Gasteiger partial charge is 0.227 e. The molecule has 0 atom stereocenters. The van der Waals surface area contributed by atoms with Gasteiger partial charge in [0.15, 0.2) is 0 Å². The highest BCUT2D eigenvalue weighted by Crippen LogP contribution is 2.25. The van der Waals surface area contributed by atoms with E-state index >= 15 is 0 Å². The van der Waals surface area contributed by atoms with Crippen molar-refractivity contribution < 1.29 is 4.52 Å². The van der Waals surface area contributed by atoms with Gasteiger partial charge in [-0.05, 0) is 63.0 Å². The Morgan fingerprint density at radius 3 is 2.57 bits per heavy atom. The molecule has 4 rings (SSSR count). The molecule has 2 heterocycles. The van der Waals surface area contributed by atoms with Crippen molar-refractivity contribution >= 4 is 17.5 Å². The standard InChI is InChI=1S/C25H30ClN3O/c26-23-12-7-9-21(19-23)13-18-29(17-8-16-28-14-5-2-6-15-28)25-20-24(27-30-25)22-10-3-1-4-11-22/h1,3-4,7,9-12,19-20H,2,5-6,8,13-18H2. The number of piperidine rings is 1. The molecule has 1 aromatic heterocycles. The molecule has 0 saturated carbocycles. The molecule has 0 bridgehead atoms. The Morgan fingerprint density at radius 1 is 0.933 bits per heavy atom. The van der Waals surface area contributed by atoms with Crippen LogP contribution in [0.2, 0.25) is 5.02 Å². The third kappa shape index (κ3) is 5.87. The molecule has 1 aliphatic rings. The number of nitrogens with zero attached hydrogens (tertiary/aromatic N) is 3. The molecular weight excluding hydrogens is 394 g/mol. The molecule has 5 heteroatoms. The van der Waals surface area contributed by atoms with Crippen LogP contribution in [-0.4, -0.2) is 42.8 Å². The van der Waals surface area contributed by atoms with Crippen molar-refractivity contribution in [1.82, 2.24) is 10.1 Å². The molecule has 1 aliphatic heterocycles. The average molecular weight is 424 g/mol. The molecule has 158 valence electrons. The van der Waals surface area contributed by atoms with Crippen LogP contribution < -0.4 is 4.90 Å². The van der Waals surface area contributed by atoms with Gasteiger partial charge < -0.3 is 14.3 Å². The summed E-state index contributed by atoms with van der Waals surface area (Å²) >= 11 is 6.17. The summed E-state index contributed by atoms with van der Waals surface area (Å²) in [5, 5.41) is 5.11. The molecule has 0 N–H and O–H groups in total. The van der Waals surface area contributed by atoms with Crippen molar-refractivity contribution in [3.8, 4) is 11.3 Å². The van der Waals surface area contributed by atoms with Crippen molar-refractivity contribution in [2.75, 3.05) is 37.6 Å². The Kier molecular flexibility index (Phi) is 7.44. The van der Waals surface area contributed by atoms with Crippen LogP contribution in [0.5, 0.6) is 0 Å². The lowest BCUT2D eigenvalue weighted by atomic mass is 10.1. The molecule has 1 saturated heterocycles. The number of hydrogen-bond donors (Lipinski definition) is 0. The first-order valence-corrected chi connectivity index (χ1v) is 11.4. The molecule has 0 amide bonds. The van der Waals surface area contributed by atoms with Crippen LogP contribution in [0.25, 0.3) is 11.3 Å². The summed E-state index contributed by atoms with van der Waals surface area (Å²) in [6.07, 6.45) is 6.09. The van der Waals surface area contributed by atoms with E-state index in [-0.39, 0.29) is 0 Å². The first-order valence-electron chi connectivity index (χ1n) is 11.0. The quantitative estimate of drug-likeness (QED) is 0.427. The normalized spacial score (nSPS) is 14.7. The lowest BCUT2D eigenvalue weighted by Crippen LogP contribution is -2.34. The fraction of sp³-hybridized carbons (Fsp3) is 0.400. The van der Waals surface area contributed by atoms with Gasteiger partial charge in [-0.1, -0.05) is 65.6 Å². The van der Waals surface area contributed by atoms with Crippen molar-refractivity contribution in [2.24, 2.45) is 0 Å². The average Bonchev–Trinajstić information content (AvgIpc) is 3.28. The van der Waals surface area contributed by atoms with E-state index in [0.29, 0.717) is 0 Å². The topological polar surface area (TPSA) is 32.5 Å². The van der Waals surface area contributed by atoms with Crippen molar-refractivity contribution in [2.45, 2.75) is 32.1 Å². The van der Waals surface area contributed by atoms with Crippen LogP contribution in [0, 0.1) is 0 Å². The highest BCUT2D eigenvalue weighted by molar-refractivity contribution is 6.30. The fourth-order valence-corrected chi connectivity index (χ4v) is 4.33. The Hall–Kier alpha value is -2.30. The number of rotatable bonds is 9. The summed E-state index contributed by atoms with van der Waals surface area (Å²) in [5.41, 5.74) is 3.20. The molecule has 3 aromatic rings. The number of aromatic nitrogens is 1. The fourth-order valence-electron chi connectivity index (χ4n) is 4.12. The Morgan fingerprint density at radius 2 is 1.77 bits per heavy atom. The predicted octanol–water partition coefficient (Wildman–Crippen LogP) is 5.92. The van der Waals surface area contributed by atoms with Gasteiger partial charge in [0.25, 0.3) is 0 Å². The second kappa shape index (κ2) is 10.6. The van der Waals surface area contributed by atoms with E-state index < -0.39 is 0 Å². The van der Waals surface area contributed by atoms with Gasteiger partial charge in [-0.15, -0.1) is 0 Å². The molecule has 2 aromatic carbocycles. The van der Waals surface area contributed by atoms with Crippen LogP contribution in [-0.2, 0) is 6.42 Å². The van der Waals surface area contributed by atoms with Gasteiger partial charge in [-0.25, -0.2) is 0 Å². The van der Waals surface area contributed by atoms with Crippen molar-refractivity contribution in [1.29, 1.82) is 0 Å². The van der Waals surface area contributed by atoms with E-state index in [4.69, 9.17) is 16.1 Å². The largest absolute Gasteiger partial charge is 0.340 e. The van der Waals surface area contributed by atoms with Crippen molar-refractivity contribution in [3.63, 3.8) is 0 Å². The number of benzene rings is 2. The molecule has 0 unspecified atom stereocenters. The third-order valence-electron chi connectivity index (χ3n) is 5.79.